The fourth-order valence-corrected chi connectivity index (χ4v) is 3.40. The summed E-state index contributed by atoms with van der Waals surface area (Å²) in [6.45, 7) is 0. The molecule has 90 valence electrons. The minimum absolute atomic E-state index is 0.246. The first-order valence-electron chi connectivity index (χ1n) is 5.84. The maximum Gasteiger partial charge on any atom is 0.309 e. The van der Waals surface area contributed by atoms with Crippen LogP contribution in [0.2, 0.25) is 0 Å². The number of carbonyl (C=O) groups is 2. The van der Waals surface area contributed by atoms with Crippen molar-refractivity contribution in [3.63, 3.8) is 0 Å². The minimum Gasteiger partial charge on any atom is -0.469 e. The summed E-state index contributed by atoms with van der Waals surface area (Å²) < 4.78 is 9.64. The van der Waals surface area contributed by atoms with Crippen LogP contribution in [-0.4, -0.2) is 26.2 Å². The van der Waals surface area contributed by atoms with E-state index < -0.39 is 0 Å². The lowest BCUT2D eigenvalue weighted by Crippen LogP contribution is -2.48. The Morgan fingerprint density at radius 1 is 0.812 bits per heavy atom. The molecule has 0 N–H and O–H groups in total. The van der Waals surface area contributed by atoms with Crippen molar-refractivity contribution >= 4 is 11.9 Å². The molecule has 16 heavy (non-hydrogen) atoms. The molecular weight excluding hydrogens is 208 g/mol. The summed E-state index contributed by atoms with van der Waals surface area (Å²) in [4.78, 5) is 23.5. The molecule has 0 heterocycles. The van der Waals surface area contributed by atoms with Crippen molar-refractivity contribution in [2.45, 2.75) is 25.7 Å². The van der Waals surface area contributed by atoms with Crippen LogP contribution < -0.4 is 0 Å². The second kappa shape index (κ2) is 4.44. The van der Waals surface area contributed by atoms with Gasteiger partial charge in [-0.15, -0.1) is 0 Å². The van der Waals surface area contributed by atoms with Gasteiger partial charge in [-0.3, -0.25) is 9.59 Å². The number of hydrogen-bond donors (Lipinski definition) is 0. The van der Waals surface area contributed by atoms with E-state index in [0.29, 0.717) is 11.8 Å². The molecule has 0 aromatic heterocycles. The number of carbonyl (C=O) groups excluding carboxylic acids is 2. The van der Waals surface area contributed by atoms with Gasteiger partial charge in [0.05, 0.1) is 26.1 Å². The third-order valence-electron chi connectivity index (χ3n) is 4.17. The fourth-order valence-electron chi connectivity index (χ4n) is 3.40. The lowest BCUT2D eigenvalue weighted by atomic mass is 9.58. The monoisotopic (exact) mass is 226 g/mol. The van der Waals surface area contributed by atoms with E-state index in [1.165, 1.54) is 14.2 Å². The Hall–Kier alpha value is -1.06. The highest BCUT2D eigenvalue weighted by Gasteiger charge is 2.51. The van der Waals surface area contributed by atoms with Gasteiger partial charge in [-0.25, -0.2) is 0 Å². The molecule has 3 aliphatic rings. The van der Waals surface area contributed by atoms with E-state index in [0.717, 1.165) is 25.7 Å². The predicted octanol–water partition coefficient (Wildman–Crippen LogP) is 1.38. The number of rotatable bonds is 2. The van der Waals surface area contributed by atoms with Gasteiger partial charge in [-0.05, 0) is 37.5 Å². The van der Waals surface area contributed by atoms with Gasteiger partial charge in [-0.2, -0.15) is 0 Å². The van der Waals surface area contributed by atoms with Gasteiger partial charge in [0.15, 0.2) is 0 Å². The van der Waals surface area contributed by atoms with Crippen molar-refractivity contribution in [1.29, 1.82) is 0 Å². The Balaban J connectivity index is 2.23. The molecule has 0 unspecified atom stereocenters. The lowest BCUT2D eigenvalue weighted by molar-refractivity contribution is -0.169. The van der Waals surface area contributed by atoms with Crippen LogP contribution in [0.5, 0.6) is 0 Å². The highest BCUT2D eigenvalue weighted by Crippen LogP contribution is 2.49. The molecular formula is C12H18O4. The summed E-state index contributed by atoms with van der Waals surface area (Å²) in [7, 11) is 2.78. The van der Waals surface area contributed by atoms with Gasteiger partial charge in [0.25, 0.3) is 0 Å². The molecule has 0 aromatic rings. The molecule has 3 fully saturated rings. The molecule has 2 bridgehead atoms. The zero-order valence-corrected chi connectivity index (χ0v) is 9.77. The second-order valence-corrected chi connectivity index (χ2v) is 4.77. The van der Waals surface area contributed by atoms with Gasteiger partial charge in [0, 0.05) is 0 Å². The Morgan fingerprint density at radius 3 is 1.38 bits per heavy atom. The van der Waals surface area contributed by atoms with E-state index in [1.807, 2.05) is 0 Å². The SMILES string of the molecule is COC(=O)[C@@H]1C2CCC(CC2)[C@@H]1C(=O)OC. The van der Waals surface area contributed by atoms with Crippen molar-refractivity contribution in [2.75, 3.05) is 14.2 Å². The predicted molar refractivity (Wildman–Crippen MR) is 56.5 cm³/mol. The van der Waals surface area contributed by atoms with Crippen molar-refractivity contribution in [3.8, 4) is 0 Å². The van der Waals surface area contributed by atoms with E-state index in [1.54, 1.807) is 0 Å². The van der Waals surface area contributed by atoms with E-state index >= 15 is 0 Å². The molecule has 0 aliphatic heterocycles. The molecule has 3 rings (SSSR count). The molecule has 0 radical (unpaired) electrons. The van der Waals surface area contributed by atoms with Crippen molar-refractivity contribution in [2.24, 2.45) is 23.7 Å². The maximum atomic E-state index is 11.8. The van der Waals surface area contributed by atoms with Crippen LogP contribution in [0.25, 0.3) is 0 Å². The third-order valence-corrected chi connectivity index (χ3v) is 4.17. The van der Waals surface area contributed by atoms with Crippen molar-refractivity contribution in [3.05, 3.63) is 0 Å². The summed E-state index contributed by atoms with van der Waals surface area (Å²) in [5.74, 6) is -0.424. The second-order valence-electron chi connectivity index (χ2n) is 4.77. The summed E-state index contributed by atoms with van der Waals surface area (Å²) in [6, 6.07) is 0. The maximum absolute atomic E-state index is 11.8. The first-order valence-corrected chi connectivity index (χ1v) is 5.84. The average Bonchev–Trinajstić information content (AvgIpc) is 2.37. The number of hydrogen-bond acceptors (Lipinski definition) is 4. The van der Waals surface area contributed by atoms with Gasteiger partial charge < -0.3 is 9.47 Å². The van der Waals surface area contributed by atoms with Crippen LogP contribution in [0.15, 0.2) is 0 Å². The molecule has 0 amide bonds. The minimum atomic E-state index is -0.273. The van der Waals surface area contributed by atoms with Crippen LogP contribution in [0.1, 0.15) is 25.7 Å². The quantitative estimate of drug-likeness (QED) is 0.667. The molecule has 4 heteroatoms. The summed E-state index contributed by atoms with van der Waals surface area (Å²) >= 11 is 0. The van der Waals surface area contributed by atoms with Gasteiger partial charge in [0.1, 0.15) is 0 Å². The Morgan fingerprint density at radius 2 is 1.12 bits per heavy atom. The normalized spacial score (nSPS) is 36.9. The smallest absolute Gasteiger partial charge is 0.309 e. The number of esters is 2. The van der Waals surface area contributed by atoms with Crippen LogP contribution in [-0.2, 0) is 19.1 Å². The van der Waals surface area contributed by atoms with Crippen molar-refractivity contribution in [1.82, 2.24) is 0 Å². The molecule has 2 atom stereocenters. The van der Waals surface area contributed by atoms with Crippen LogP contribution in [0, 0.1) is 23.7 Å². The molecule has 3 saturated carbocycles. The molecule has 0 aromatic carbocycles. The number of ether oxygens (including phenoxy) is 2. The van der Waals surface area contributed by atoms with Gasteiger partial charge >= 0.3 is 11.9 Å². The van der Waals surface area contributed by atoms with Crippen molar-refractivity contribution < 1.29 is 19.1 Å². The Labute approximate surface area is 95.3 Å². The topological polar surface area (TPSA) is 52.6 Å². The zero-order valence-electron chi connectivity index (χ0n) is 9.77. The first-order chi connectivity index (χ1) is 7.69. The molecule has 4 nitrogen and oxygen atoms in total. The number of fused-ring (bicyclic) bond motifs is 3. The first kappa shape index (κ1) is 11.4. The van der Waals surface area contributed by atoms with E-state index in [-0.39, 0.29) is 23.8 Å². The largest absolute Gasteiger partial charge is 0.469 e. The Kier molecular flexibility index (Phi) is 3.17. The van der Waals surface area contributed by atoms with Gasteiger partial charge in [-0.1, -0.05) is 0 Å². The molecule has 0 saturated heterocycles. The van der Waals surface area contributed by atoms with Gasteiger partial charge in [0.2, 0.25) is 0 Å². The number of methoxy groups -OCH3 is 2. The molecule has 3 aliphatic carbocycles. The average molecular weight is 226 g/mol. The third kappa shape index (κ3) is 1.70. The Bertz CT molecular complexity index is 261. The summed E-state index contributed by atoms with van der Waals surface area (Å²) in [5.41, 5.74) is 0. The summed E-state index contributed by atoms with van der Waals surface area (Å²) in [6.07, 6.45) is 4.16. The standard InChI is InChI=1S/C12H18O4/c1-15-11(13)9-7-3-5-8(6-4-7)10(9)12(14)16-2/h7-10H,3-6H2,1-2H3/t7?,8?,9-,10+. The lowest BCUT2D eigenvalue weighted by Gasteiger charge is -2.45. The highest BCUT2D eigenvalue weighted by atomic mass is 16.5. The van der Waals surface area contributed by atoms with E-state index in [4.69, 9.17) is 9.47 Å². The van der Waals surface area contributed by atoms with Crippen LogP contribution >= 0.6 is 0 Å². The van der Waals surface area contributed by atoms with E-state index in [2.05, 4.69) is 0 Å². The van der Waals surface area contributed by atoms with Crippen LogP contribution in [0.3, 0.4) is 0 Å². The zero-order chi connectivity index (χ0) is 11.7. The summed E-state index contributed by atoms with van der Waals surface area (Å²) in [5, 5.41) is 0. The molecule has 0 spiro atoms. The van der Waals surface area contributed by atoms with Crippen LogP contribution in [0.4, 0.5) is 0 Å². The highest BCUT2D eigenvalue weighted by molar-refractivity contribution is 5.83. The van der Waals surface area contributed by atoms with E-state index in [9.17, 15) is 9.59 Å². The fraction of sp³-hybridized carbons (Fsp3) is 0.833.